The Labute approximate surface area is 155 Å². The first-order valence-corrected chi connectivity index (χ1v) is 11.0. The van der Waals surface area contributed by atoms with Gasteiger partial charge in [0.15, 0.2) is 0 Å². The average molecular weight is 381 g/mol. The number of aryl methyl sites for hydroxylation is 1. The first kappa shape index (κ1) is 19.3. The Kier molecular flexibility index (Phi) is 6.32. The maximum atomic E-state index is 12.5. The molecule has 1 aromatic carbocycles. The number of sulfonamides is 1. The van der Waals surface area contributed by atoms with E-state index in [2.05, 4.69) is 17.0 Å². The number of benzene rings is 1. The van der Waals surface area contributed by atoms with Crippen molar-refractivity contribution in [2.45, 2.75) is 62.9 Å². The van der Waals surface area contributed by atoms with Gasteiger partial charge in [0.2, 0.25) is 15.9 Å². The third-order valence-electron chi connectivity index (χ3n) is 5.27. The van der Waals surface area contributed by atoms with E-state index < -0.39 is 10.0 Å². The molecule has 2 atom stereocenters. The minimum absolute atomic E-state index is 0.0217. The molecule has 0 spiro atoms. The van der Waals surface area contributed by atoms with Crippen molar-refractivity contribution in [3.63, 3.8) is 0 Å². The fourth-order valence-corrected chi connectivity index (χ4v) is 4.78. The molecule has 144 valence electrons. The van der Waals surface area contributed by atoms with Crippen molar-refractivity contribution in [1.29, 1.82) is 0 Å². The maximum absolute atomic E-state index is 12.5. The molecule has 2 aliphatic rings. The molecule has 6 nitrogen and oxygen atoms in total. The number of carbonyl (C=O) groups excluding carboxylic acids is 1. The predicted octanol–water partition coefficient (Wildman–Crippen LogP) is 2.84. The molecular formula is C19H28N2O4S. The standard InChI is InChI=1S/C19H28N2O4S/c1-14-5-2-3-7-18(14)25-12-11-20-26(23,24)16-9-10-17-15(13-16)6-4-8-19(22)21-17/h9-10,13-14,18,20H,2-8,11-12H2,1H3,(H,21,22)/t14-,18-/m1/s1. The van der Waals surface area contributed by atoms with Crippen LogP contribution in [0.15, 0.2) is 23.1 Å². The van der Waals surface area contributed by atoms with Gasteiger partial charge in [0, 0.05) is 18.7 Å². The third kappa shape index (κ3) is 4.84. The Bertz CT molecular complexity index is 748. The van der Waals surface area contributed by atoms with Crippen molar-refractivity contribution in [2.75, 3.05) is 18.5 Å². The summed E-state index contributed by atoms with van der Waals surface area (Å²) in [5, 5.41) is 2.82. The van der Waals surface area contributed by atoms with Gasteiger partial charge < -0.3 is 10.1 Å². The molecule has 1 aromatic rings. The van der Waals surface area contributed by atoms with E-state index in [-0.39, 0.29) is 23.5 Å². The van der Waals surface area contributed by atoms with Crippen LogP contribution in [0.3, 0.4) is 0 Å². The largest absolute Gasteiger partial charge is 0.377 e. The number of anilines is 1. The summed E-state index contributed by atoms with van der Waals surface area (Å²) in [5.74, 6) is 0.520. The molecule has 2 N–H and O–H groups in total. The zero-order chi connectivity index (χ0) is 18.6. The summed E-state index contributed by atoms with van der Waals surface area (Å²) in [4.78, 5) is 11.8. The van der Waals surface area contributed by atoms with Gasteiger partial charge in [-0.2, -0.15) is 0 Å². The van der Waals surface area contributed by atoms with E-state index in [4.69, 9.17) is 4.74 Å². The van der Waals surface area contributed by atoms with Crippen LogP contribution in [0.5, 0.6) is 0 Å². The quantitative estimate of drug-likeness (QED) is 0.743. The Morgan fingerprint density at radius 3 is 2.81 bits per heavy atom. The third-order valence-corrected chi connectivity index (χ3v) is 6.73. The Morgan fingerprint density at radius 2 is 2.00 bits per heavy atom. The molecule has 1 aliphatic heterocycles. The van der Waals surface area contributed by atoms with Crippen molar-refractivity contribution in [3.8, 4) is 0 Å². The molecule has 0 unspecified atom stereocenters. The van der Waals surface area contributed by atoms with Gasteiger partial charge in [-0.3, -0.25) is 4.79 Å². The fraction of sp³-hybridized carbons (Fsp3) is 0.632. The molecule has 0 bridgehead atoms. The first-order chi connectivity index (χ1) is 12.5. The predicted molar refractivity (Wildman–Crippen MR) is 101 cm³/mol. The van der Waals surface area contributed by atoms with Crippen molar-refractivity contribution >= 4 is 21.6 Å². The number of carbonyl (C=O) groups is 1. The maximum Gasteiger partial charge on any atom is 0.240 e. The summed E-state index contributed by atoms with van der Waals surface area (Å²) < 4.78 is 33.6. The van der Waals surface area contributed by atoms with E-state index >= 15 is 0 Å². The Morgan fingerprint density at radius 1 is 1.19 bits per heavy atom. The number of nitrogens with one attached hydrogen (secondary N) is 2. The lowest BCUT2D eigenvalue weighted by Gasteiger charge is -2.28. The summed E-state index contributed by atoms with van der Waals surface area (Å²) in [5.41, 5.74) is 1.58. The lowest BCUT2D eigenvalue weighted by Crippen LogP contribution is -2.31. The molecule has 1 amide bonds. The van der Waals surface area contributed by atoms with E-state index in [0.29, 0.717) is 31.1 Å². The number of fused-ring (bicyclic) bond motifs is 1. The second-order valence-electron chi connectivity index (χ2n) is 7.29. The number of hydrogen-bond donors (Lipinski definition) is 2. The number of hydrogen-bond acceptors (Lipinski definition) is 4. The van der Waals surface area contributed by atoms with Gasteiger partial charge >= 0.3 is 0 Å². The van der Waals surface area contributed by atoms with Gasteiger partial charge in [-0.25, -0.2) is 13.1 Å². The van der Waals surface area contributed by atoms with Crippen molar-refractivity contribution in [1.82, 2.24) is 4.72 Å². The molecule has 7 heteroatoms. The van der Waals surface area contributed by atoms with Crippen LogP contribution in [0.2, 0.25) is 0 Å². The van der Waals surface area contributed by atoms with E-state index in [1.165, 1.54) is 25.3 Å². The molecule has 26 heavy (non-hydrogen) atoms. The molecule has 3 rings (SSSR count). The van der Waals surface area contributed by atoms with E-state index in [1.54, 1.807) is 12.1 Å². The zero-order valence-electron chi connectivity index (χ0n) is 15.3. The zero-order valence-corrected chi connectivity index (χ0v) is 16.1. The topological polar surface area (TPSA) is 84.5 Å². The second kappa shape index (κ2) is 8.50. The van der Waals surface area contributed by atoms with Crippen LogP contribution >= 0.6 is 0 Å². The highest BCUT2D eigenvalue weighted by atomic mass is 32.2. The van der Waals surface area contributed by atoms with Crippen molar-refractivity contribution in [2.24, 2.45) is 5.92 Å². The van der Waals surface area contributed by atoms with E-state index in [9.17, 15) is 13.2 Å². The summed E-state index contributed by atoms with van der Waals surface area (Å²) in [6.45, 7) is 2.84. The second-order valence-corrected chi connectivity index (χ2v) is 9.06. The van der Waals surface area contributed by atoms with E-state index in [1.807, 2.05) is 0 Å². The van der Waals surface area contributed by atoms with Crippen LogP contribution in [0.25, 0.3) is 0 Å². The molecular weight excluding hydrogens is 352 g/mol. The molecule has 1 saturated carbocycles. The first-order valence-electron chi connectivity index (χ1n) is 9.50. The smallest absolute Gasteiger partial charge is 0.240 e. The monoisotopic (exact) mass is 380 g/mol. The minimum atomic E-state index is -3.58. The number of amides is 1. The molecule has 1 fully saturated rings. The van der Waals surface area contributed by atoms with Crippen molar-refractivity contribution < 1.29 is 17.9 Å². The lowest BCUT2D eigenvalue weighted by molar-refractivity contribution is -0.116. The molecule has 0 saturated heterocycles. The van der Waals surface area contributed by atoms with Crippen LogP contribution in [0, 0.1) is 5.92 Å². The summed E-state index contributed by atoms with van der Waals surface area (Å²) >= 11 is 0. The van der Waals surface area contributed by atoms with Crippen LogP contribution < -0.4 is 10.0 Å². The van der Waals surface area contributed by atoms with Crippen LogP contribution in [-0.2, 0) is 26.0 Å². The minimum Gasteiger partial charge on any atom is -0.377 e. The van der Waals surface area contributed by atoms with Crippen LogP contribution in [0.1, 0.15) is 51.0 Å². The normalized spacial score (nSPS) is 23.8. The Balaban J connectivity index is 1.56. The van der Waals surface area contributed by atoms with Gasteiger partial charge in [-0.1, -0.05) is 19.8 Å². The highest BCUT2D eigenvalue weighted by molar-refractivity contribution is 7.89. The highest BCUT2D eigenvalue weighted by Crippen LogP contribution is 2.26. The van der Waals surface area contributed by atoms with Gasteiger partial charge in [-0.15, -0.1) is 0 Å². The lowest BCUT2D eigenvalue weighted by atomic mass is 9.88. The number of rotatable bonds is 6. The molecule has 1 aliphatic carbocycles. The van der Waals surface area contributed by atoms with Crippen molar-refractivity contribution in [3.05, 3.63) is 23.8 Å². The van der Waals surface area contributed by atoms with Gasteiger partial charge in [0.1, 0.15) is 0 Å². The number of ether oxygens (including phenoxy) is 1. The fourth-order valence-electron chi connectivity index (χ4n) is 3.72. The molecule has 0 radical (unpaired) electrons. The van der Waals surface area contributed by atoms with Crippen LogP contribution in [-0.4, -0.2) is 33.6 Å². The molecule has 1 heterocycles. The highest BCUT2D eigenvalue weighted by Gasteiger charge is 2.22. The summed E-state index contributed by atoms with van der Waals surface area (Å²) in [6, 6.07) is 4.87. The summed E-state index contributed by atoms with van der Waals surface area (Å²) in [7, 11) is -3.58. The van der Waals surface area contributed by atoms with Gasteiger partial charge in [0.25, 0.3) is 0 Å². The van der Waals surface area contributed by atoms with Crippen LogP contribution in [0.4, 0.5) is 5.69 Å². The van der Waals surface area contributed by atoms with Gasteiger partial charge in [0.05, 0.1) is 17.6 Å². The average Bonchev–Trinajstić information content (AvgIpc) is 2.80. The molecule has 0 aromatic heterocycles. The van der Waals surface area contributed by atoms with E-state index in [0.717, 1.165) is 18.4 Å². The Hall–Kier alpha value is -1.44. The van der Waals surface area contributed by atoms with Gasteiger partial charge in [-0.05, 0) is 55.4 Å². The SMILES string of the molecule is C[C@@H]1CCCC[C@H]1OCCNS(=O)(=O)c1ccc2c(c1)CCCC(=O)N2. The summed E-state index contributed by atoms with van der Waals surface area (Å²) in [6.07, 6.45) is 6.81.